The minimum absolute atomic E-state index is 0.105. The molecule has 0 radical (unpaired) electrons. The Bertz CT molecular complexity index is 548. The maximum absolute atomic E-state index is 12.0. The summed E-state index contributed by atoms with van der Waals surface area (Å²) in [5, 5.41) is 4.08. The smallest absolute Gasteiger partial charge is 0.351 e. The summed E-state index contributed by atoms with van der Waals surface area (Å²) in [5.74, 6) is 0. The summed E-state index contributed by atoms with van der Waals surface area (Å²) >= 11 is 0. The lowest BCUT2D eigenvalue weighted by Gasteiger charge is -2.10. The maximum Gasteiger partial charge on any atom is 0.411 e. The third kappa shape index (κ3) is 3.48. The predicted molar refractivity (Wildman–Crippen MR) is 66.7 cm³/mol. The van der Waals surface area contributed by atoms with Crippen LogP contribution in [0.4, 0.5) is 13.2 Å². The van der Waals surface area contributed by atoms with Gasteiger partial charge in [-0.3, -0.25) is 0 Å². The van der Waals surface area contributed by atoms with Crippen LogP contribution in [0.15, 0.2) is 30.5 Å². The Labute approximate surface area is 109 Å². The van der Waals surface area contributed by atoms with Crippen molar-refractivity contribution < 1.29 is 17.9 Å². The molecule has 3 nitrogen and oxygen atoms in total. The summed E-state index contributed by atoms with van der Waals surface area (Å²) in [4.78, 5) is 0. The van der Waals surface area contributed by atoms with E-state index in [1.807, 2.05) is 31.3 Å². The third-order valence-corrected chi connectivity index (χ3v) is 2.77. The monoisotopic (exact) mass is 272 g/mol. The molecule has 0 bridgehead atoms. The molecule has 1 aromatic carbocycles. The van der Waals surface area contributed by atoms with Gasteiger partial charge in [-0.05, 0) is 24.7 Å². The third-order valence-electron chi connectivity index (χ3n) is 2.77. The molecule has 0 aliphatic heterocycles. The molecule has 0 saturated carbocycles. The Morgan fingerprint density at radius 2 is 2.05 bits per heavy atom. The number of nitrogens with one attached hydrogen (secondary N) is 1. The number of alkyl halides is 3. The van der Waals surface area contributed by atoms with Crippen molar-refractivity contribution >= 4 is 10.9 Å². The first-order chi connectivity index (χ1) is 9.01. The molecule has 0 saturated heterocycles. The van der Waals surface area contributed by atoms with Gasteiger partial charge < -0.3 is 14.6 Å². The molecular formula is C13H15F3N2O. The van der Waals surface area contributed by atoms with Gasteiger partial charge in [0.15, 0.2) is 0 Å². The molecule has 0 aliphatic carbocycles. The Hall–Kier alpha value is -1.53. The highest BCUT2D eigenvalue weighted by Gasteiger charge is 2.27. The van der Waals surface area contributed by atoms with Crippen LogP contribution in [0.1, 0.15) is 5.56 Å². The number of aromatic nitrogens is 1. The number of ether oxygens (including phenoxy) is 1. The number of fused-ring (bicyclic) bond motifs is 1. The second-order valence-electron chi connectivity index (χ2n) is 4.26. The highest BCUT2D eigenvalue weighted by Crippen LogP contribution is 2.21. The van der Waals surface area contributed by atoms with Gasteiger partial charge in [-0.15, -0.1) is 0 Å². The number of rotatable bonds is 5. The van der Waals surface area contributed by atoms with Crippen molar-refractivity contribution in [1.82, 2.24) is 9.88 Å². The van der Waals surface area contributed by atoms with Crippen LogP contribution in [-0.2, 0) is 18.0 Å². The van der Waals surface area contributed by atoms with E-state index in [0.29, 0.717) is 6.54 Å². The van der Waals surface area contributed by atoms with E-state index in [9.17, 15) is 13.2 Å². The van der Waals surface area contributed by atoms with Gasteiger partial charge in [-0.1, -0.05) is 12.1 Å². The first kappa shape index (κ1) is 13.9. The maximum atomic E-state index is 12.0. The molecule has 0 amide bonds. The lowest BCUT2D eigenvalue weighted by atomic mass is 10.1. The van der Waals surface area contributed by atoms with Crippen LogP contribution in [0.2, 0.25) is 0 Å². The lowest BCUT2D eigenvalue weighted by Crippen LogP contribution is -2.18. The van der Waals surface area contributed by atoms with Crippen LogP contribution in [-0.4, -0.2) is 24.4 Å². The molecule has 0 fully saturated rings. The van der Waals surface area contributed by atoms with Gasteiger partial charge in [0.1, 0.15) is 13.3 Å². The molecule has 19 heavy (non-hydrogen) atoms. The molecule has 6 heteroatoms. The number of hydrogen-bond acceptors (Lipinski definition) is 2. The topological polar surface area (TPSA) is 26.2 Å². The van der Waals surface area contributed by atoms with E-state index in [-0.39, 0.29) is 6.73 Å². The van der Waals surface area contributed by atoms with E-state index in [4.69, 9.17) is 0 Å². The van der Waals surface area contributed by atoms with Gasteiger partial charge in [0.25, 0.3) is 0 Å². The van der Waals surface area contributed by atoms with Gasteiger partial charge in [-0.25, -0.2) is 0 Å². The van der Waals surface area contributed by atoms with Crippen molar-refractivity contribution in [2.24, 2.45) is 0 Å². The Balaban J connectivity index is 2.14. The number of nitrogens with zero attached hydrogens (tertiary/aromatic N) is 1. The second kappa shape index (κ2) is 5.63. The Morgan fingerprint density at radius 1 is 1.26 bits per heavy atom. The minimum Gasteiger partial charge on any atom is -0.351 e. The second-order valence-corrected chi connectivity index (χ2v) is 4.26. The summed E-state index contributed by atoms with van der Waals surface area (Å²) in [7, 11) is 1.85. The molecule has 0 spiro atoms. The summed E-state index contributed by atoms with van der Waals surface area (Å²) in [6.45, 7) is -0.625. The fourth-order valence-electron chi connectivity index (χ4n) is 2.00. The molecule has 1 N–H and O–H groups in total. The zero-order chi connectivity index (χ0) is 13.9. The fraction of sp³-hybridized carbons (Fsp3) is 0.385. The minimum atomic E-state index is -4.29. The van der Waals surface area contributed by atoms with E-state index >= 15 is 0 Å². The van der Waals surface area contributed by atoms with Gasteiger partial charge >= 0.3 is 6.18 Å². The number of benzene rings is 1. The Kier molecular flexibility index (Phi) is 4.11. The number of hydrogen-bond donors (Lipinski definition) is 1. The van der Waals surface area contributed by atoms with E-state index in [0.717, 1.165) is 16.5 Å². The van der Waals surface area contributed by atoms with E-state index in [2.05, 4.69) is 10.1 Å². The lowest BCUT2D eigenvalue weighted by molar-refractivity contribution is -0.181. The highest BCUT2D eigenvalue weighted by molar-refractivity contribution is 5.83. The molecule has 0 unspecified atom stereocenters. The van der Waals surface area contributed by atoms with Gasteiger partial charge in [0, 0.05) is 18.1 Å². The summed E-state index contributed by atoms with van der Waals surface area (Å²) in [6, 6.07) is 7.62. The SMILES string of the molecule is CNCc1cccc2c1ccn2COCC(F)(F)F. The first-order valence-electron chi connectivity index (χ1n) is 5.87. The van der Waals surface area contributed by atoms with Crippen LogP contribution in [0.25, 0.3) is 10.9 Å². The number of halogens is 3. The van der Waals surface area contributed by atoms with E-state index < -0.39 is 12.8 Å². The Morgan fingerprint density at radius 3 is 2.74 bits per heavy atom. The normalized spacial score (nSPS) is 12.2. The van der Waals surface area contributed by atoms with Crippen molar-refractivity contribution in [1.29, 1.82) is 0 Å². The van der Waals surface area contributed by atoms with Gasteiger partial charge in [-0.2, -0.15) is 13.2 Å². The van der Waals surface area contributed by atoms with Crippen molar-refractivity contribution in [3.05, 3.63) is 36.0 Å². The largest absolute Gasteiger partial charge is 0.411 e. The van der Waals surface area contributed by atoms with Crippen LogP contribution in [0.5, 0.6) is 0 Å². The zero-order valence-electron chi connectivity index (χ0n) is 10.5. The molecule has 0 atom stereocenters. The van der Waals surface area contributed by atoms with Crippen molar-refractivity contribution in [2.45, 2.75) is 19.5 Å². The molecule has 2 aromatic rings. The van der Waals surface area contributed by atoms with Crippen molar-refractivity contribution in [2.75, 3.05) is 13.7 Å². The molecule has 1 heterocycles. The van der Waals surface area contributed by atoms with E-state index in [1.165, 1.54) is 0 Å². The highest BCUT2D eigenvalue weighted by atomic mass is 19.4. The summed E-state index contributed by atoms with van der Waals surface area (Å²) in [6.07, 6.45) is -2.56. The van der Waals surface area contributed by atoms with Crippen LogP contribution in [0.3, 0.4) is 0 Å². The standard InChI is InChI=1S/C13H15F3N2O/c1-17-7-10-3-2-4-12-11(10)5-6-18(12)9-19-8-13(14,15)16/h2-6,17H,7-9H2,1H3. The summed E-state index contributed by atoms with van der Waals surface area (Å²) < 4.78 is 42.4. The molecule has 2 rings (SSSR count). The zero-order valence-corrected chi connectivity index (χ0v) is 10.5. The first-order valence-corrected chi connectivity index (χ1v) is 5.87. The summed E-state index contributed by atoms with van der Waals surface area (Å²) in [5.41, 5.74) is 1.98. The van der Waals surface area contributed by atoms with Crippen LogP contribution >= 0.6 is 0 Å². The molecule has 0 aliphatic rings. The van der Waals surface area contributed by atoms with Gasteiger partial charge in [0.05, 0.1) is 5.52 Å². The quantitative estimate of drug-likeness (QED) is 0.905. The van der Waals surface area contributed by atoms with Crippen LogP contribution in [0, 0.1) is 0 Å². The van der Waals surface area contributed by atoms with Crippen LogP contribution < -0.4 is 5.32 Å². The van der Waals surface area contributed by atoms with E-state index in [1.54, 1.807) is 10.8 Å². The molecular weight excluding hydrogens is 257 g/mol. The molecule has 104 valence electrons. The van der Waals surface area contributed by atoms with Crippen molar-refractivity contribution in [3.8, 4) is 0 Å². The van der Waals surface area contributed by atoms with Crippen molar-refractivity contribution in [3.63, 3.8) is 0 Å². The fourth-order valence-corrected chi connectivity index (χ4v) is 2.00. The van der Waals surface area contributed by atoms with Gasteiger partial charge in [0.2, 0.25) is 0 Å². The average molecular weight is 272 g/mol. The molecule has 1 aromatic heterocycles. The average Bonchev–Trinajstić information content (AvgIpc) is 2.73. The predicted octanol–water partition coefficient (Wildman–Crippen LogP) is 2.90.